The number of rotatable bonds is 6. The lowest BCUT2D eigenvalue weighted by Gasteiger charge is -2.16. The molecule has 0 bridgehead atoms. The van der Waals surface area contributed by atoms with E-state index in [2.05, 4.69) is 34.7 Å². The van der Waals surface area contributed by atoms with Crippen molar-refractivity contribution in [1.29, 1.82) is 0 Å². The minimum atomic E-state index is 0.102. The fourth-order valence-corrected chi connectivity index (χ4v) is 2.67. The van der Waals surface area contributed by atoms with Crippen LogP contribution in [0.3, 0.4) is 0 Å². The second-order valence-corrected chi connectivity index (χ2v) is 5.95. The smallest absolute Gasteiger partial charge is 0.221 e. The van der Waals surface area contributed by atoms with Gasteiger partial charge in [-0.3, -0.25) is 9.48 Å². The molecule has 0 saturated heterocycles. The van der Waals surface area contributed by atoms with Crippen LogP contribution in [0.25, 0.3) is 0 Å². The first kappa shape index (κ1) is 13.9. The highest BCUT2D eigenvalue weighted by Gasteiger charge is 2.44. The largest absolute Gasteiger partial charge is 0.355 e. The Morgan fingerprint density at radius 1 is 1.33 bits per heavy atom. The number of aromatic nitrogens is 2. The fraction of sp³-hybridized carbons (Fsp3) is 0.412. The van der Waals surface area contributed by atoms with Crippen molar-refractivity contribution < 1.29 is 4.79 Å². The first-order chi connectivity index (χ1) is 10.2. The van der Waals surface area contributed by atoms with Gasteiger partial charge in [-0.2, -0.15) is 5.10 Å². The van der Waals surface area contributed by atoms with Crippen LogP contribution in [0, 0.1) is 6.92 Å². The normalized spacial score (nSPS) is 15.7. The summed E-state index contributed by atoms with van der Waals surface area (Å²) >= 11 is 0. The van der Waals surface area contributed by atoms with Gasteiger partial charge < -0.3 is 5.32 Å². The first-order valence-corrected chi connectivity index (χ1v) is 7.49. The highest BCUT2D eigenvalue weighted by molar-refractivity contribution is 5.76. The predicted molar refractivity (Wildman–Crippen MR) is 81.9 cm³/mol. The number of aryl methyl sites for hydroxylation is 2. The van der Waals surface area contributed by atoms with E-state index in [4.69, 9.17) is 0 Å². The predicted octanol–water partition coefficient (Wildman–Crippen LogP) is 2.43. The van der Waals surface area contributed by atoms with Gasteiger partial charge in [0.25, 0.3) is 0 Å². The monoisotopic (exact) mass is 283 g/mol. The molecule has 1 N–H and O–H groups in total. The summed E-state index contributed by atoms with van der Waals surface area (Å²) in [4.78, 5) is 12.0. The number of nitrogens with one attached hydrogen (secondary N) is 1. The minimum Gasteiger partial charge on any atom is -0.355 e. The third kappa shape index (κ3) is 3.32. The lowest BCUT2D eigenvalue weighted by Crippen LogP contribution is -2.32. The molecular formula is C17H21N3O. The van der Waals surface area contributed by atoms with Crippen molar-refractivity contribution in [3.8, 4) is 0 Å². The molecule has 2 aromatic rings. The van der Waals surface area contributed by atoms with Crippen molar-refractivity contribution in [2.24, 2.45) is 0 Å². The summed E-state index contributed by atoms with van der Waals surface area (Å²) in [5.74, 6) is 0.102. The Kier molecular flexibility index (Phi) is 3.78. The molecule has 1 aliphatic carbocycles. The molecule has 0 atom stereocenters. The number of carbonyl (C=O) groups excluding carboxylic acids is 1. The zero-order valence-corrected chi connectivity index (χ0v) is 12.4. The molecule has 1 aromatic carbocycles. The van der Waals surface area contributed by atoms with Crippen LogP contribution in [-0.4, -0.2) is 22.2 Å². The second-order valence-electron chi connectivity index (χ2n) is 5.95. The molecular weight excluding hydrogens is 262 g/mol. The SMILES string of the molecule is Cc1cnn(CCC(=O)NCC2(c3ccccc3)CC2)c1. The van der Waals surface area contributed by atoms with Crippen LogP contribution in [0.2, 0.25) is 0 Å². The van der Waals surface area contributed by atoms with Crippen molar-refractivity contribution in [3.63, 3.8) is 0 Å². The number of hydrogen-bond acceptors (Lipinski definition) is 2. The lowest BCUT2D eigenvalue weighted by molar-refractivity contribution is -0.121. The van der Waals surface area contributed by atoms with Crippen molar-refractivity contribution in [2.75, 3.05) is 6.54 Å². The quantitative estimate of drug-likeness (QED) is 0.885. The van der Waals surface area contributed by atoms with E-state index in [1.165, 1.54) is 5.56 Å². The molecule has 110 valence electrons. The Morgan fingerprint density at radius 2 is 2.10 bits per heavy atom. The highest BCUT2D eigenvalue weighted by atomic mass is 16.1. The van der Waals surface area contributed by atoms with Crippen molar-refractivity contribution >= 4 is 5.91 Å². The van der Waals surface area contributed by atoms with E-state index in [0.29, 0.717) is 13.0 Å². The molecule has 1 fully saturated rings. The van der Waals surface area contributed by atoms with Gasteiger partial charge in [-0.1, -0.05) is 30.3 Å². The molecule has 0 unspecified atom stereocenters. The van der Waals surface area contributed by atoms with Gasteiger partial charge in [0.15, 0.2) is 0 Å². The molecule has 0 radical (unpaired) electrons. The fourth-order valence-electron chi connectivity index (χ4n) is 2.67. The van der Waals surface area contributed by atoms with Gasteiger partial charge in [0.2, 0.25) is 5.91 Å². The zero-order valence-electron chi connectivity index (χ0n) is 12.4. The lowest BCUT2D eigenvalue weighted by atomic mass is 9.96. The van der Waals surface area contributed by atoms with Crippen LogP contribution in [0.4, 0.5) is 0 Å². The minimum absolute atomic E-state index is 0.102. The van der Waals surface area contributed by atoms with Gasteiger partial charge in [0.1, 0.15) is 0 Å². The summed E-state index contributed by atoms with van der Waals surface area (Å²) in [6.07, 6.45) is 6.57. The average Bonchev–Trinajstić information content (AvgIpc) is 3.20. The topological polar surface area (TPSA) is 46.9 Å². The van der Waals surface area contributed by atoms with Gasteiger partial charge >= 0.3 is 0 Å². The number of carbonyl (C=O) groups is 1. The summed E-state index contributed by atoms with van der Waals surface area (Å²) in [5.41, 5.74) is 2.64. The Bertz CT molecular complexity index is 614. The van der Waals surface area contributed by atoms with E-state index in [1.807, 2.05) is 30.1 Å². The third-order valence-corrected chi connectivity index (χ3v) is 4.19. The molecule has 3 rings (SSSR count). The van der Waals surface area contributed by atoms with Gasteiger partial charge in [-0.25, -0.2) is 0 Å². The van der Waals surface area contributed by atoms with Crippen molar-refractivity contribution in [1.82, 2.24) is 15.1 Å². The Hall–Kier alpha value is -2.10. The van der Waals surface area contributed by atoms with Crippen LogP contribution in [0.1, 0.15) is 30.4 Å². The van der Waals surface area contributed by atoms with E-state index in [1.54, 1.807) is 0 Å². The molecule has 0 aliphatic heterocycles. The summed E-state index contributed by atoms with van der Waals surface area (Å²) in [6.45, 7) is 3.38. The Balaban J connectivity index is 1.48. The number of hydrogen-bond donors (Lipinski definition) is 1. The van der Waals surface area contributed by atoms with Gasteiger partial charge in [-0.15, -0.1) is 0 Å². The number of nitrogens with zero attached hydrogens (tertiary/aromatic N) is 2. The number of benzene rings is 1. The van der Waals surface area contributed by atoms with E-state index in [0.717, 1.165) is 24.9 Å². The summed E-state index contributed by atoms with van der Waals surface area (Å²) in [6, 6.07) is 10.5. The second kappa shape index (κ2) is 5.72. The molecule has 1 saturated carbocycles. The summed E-state index contributed by atoms with van der Waals surface area (Å²) in [5, 5.41) is 7.27. The zero-order chi connectivity index (χ0) is 14.7. The molecule has 1 amide bonds. The maximum absolute atomic E-state index is 12.0. The van der Waals surface area contributed by atoms with E-state index < -0.39 is 0 Å². The van der Waals surface area contributed by atoms with Gasteiger partial charge in [-0.05, 0) is 30.9 Å². The third-order valence-electron chi connectivity index (χ3n) is 4.19. The van der Waals surface area contributed by atoms with Crippen LogP contribution in [-0.2, 0) is 16.8 Å². The van der Waals surface area contributed by atoms with Gasteiger partial charge in [0, 0.05) is 31.1 Å². The van der Waals surface area contributed by atoms with Crippen molar-refractivity contribution in [2.45, 2.75) is 38.1 Å². The standard InChI is InChI=1S/C17H21N3O/c1-14-11-19-20(12-14)10-7-16(21)18-13-17(8-9-17)15-5-3-2-4-6-15/h2-6,11-12H,7-10,13H2,1H3,(H,18,21). The molecule has 21 heavy (non-hydrogen) atoms. The highest BCUT2D eigenvalue weighted by Crippen LogP contribution is 2.47. The maximum atomic E-state index is 12.0. The van der Waals surface area contributed by atoms with Crippen LogP contribution < -0.4 is 5.32 Å². The number of amides is 1. The molecule has 0 spiro atoms. The van der Waals surface area contributed by atoms with Crippen molar-refractivity contribution in [3.05, 3.63) is 53.9 Å². The molecule has 1 heterocycles. The molecule has 1 aliphatic rings. The van der Waals surface area contributed by atoms with Crippen LogP contribution in [0.5, 0.6) is 0 Å². The Morgan fingerprint density at radius 3 is 2.71 bits per heavy atom. The summed E-state index contributed by atoms with van der Waals surface area (Å²) < 4.78 is 1.82. The first-order valence-electron chi connectivity index (χ1n) is 7.49. The van der Waals surface area contributed by atoms with E-state index in [9.17, 15) is 4.79 Å². The molecule has 4 heteroatoms. The Labute approximate surface area is 125 Å². The van der Waals surface area contributed by atoms with E-state index >= 15 is 0 Å². The van der Waals surface area contributed by atoms with E-state index in [-0.39, 0.29) is 11.3 Å². The maximum Gasteiger partial charge on any atom is 0.221 e. The van der Waals surface area contributed by atoms with Crippen LogP contribution in [0.15, 0.2) is 42.7 Å². The van der Waals surface area contributed by atoms with Gasteiger partial charge in [0.05, 0.1) is 6.20 Å². The molecule has 4 nitrogen and oxygen atoms in total. The summed E-state index contributed by atoms with van der Waals surface area (Å²) in [7, 11) is 0. The van der Waals surface area contributed by atoms with Crippen LogP contribution >= 0.6 is 0 Å². The molecule has 1 aromatic heterocycles. The average molecular weight is 283 g/mol.